The van der Waals surface area contributed by atoms with E-state index in [1.807, 2.05) is 42.5 Å². The summed E-state index contributed by atoms with van der Waals surface area (Å²) in [5.74, 6) is -0.0645. The smallest absolute Gasteiger partial charge is 0.303 e. The lowest BCUT2D eigenvalue weighted by atomic mass is 9.98. The average molecular weight is 468 g/mol. The van der Waals surface area contributed by atoms with Crippen LogP contribution in [0.5, 0.6) is 11.5 Å². The molecule has 0 unspecified atom stereocenters. The highest BCUT2D eigenvalue weighted by Crippen LogP contribution is 2.38. The molecule has 0 fully saturated rings. The Bertz CT molecular complexity index is 1240. The molecule has 0 aliphatic carbocycles. The van der Waals surface area contributed by atoms with Gasteiger partial charge < -0.3 is 14.6 Å². The number of methoxy groups -OCH3 is 2. The first kappa shape index (κ1) is 22.5. The van der Waals surface area contributed by atoms with Gasteiger partial charge in [0.05, 0.1) is 37.9 Å². The first-order valence-corrected chi connectivity index (χ1v) is 10.7. The van der Waals surface area contributed by atoms with Crippen molar-refractivity contribution in [3.8, 4) is 11.5 Å². The van der Waals surface area contributed by atoms with E-state index in [0.29, 0.717) is 34.7 Å². The van der Waals surface area contributed by atoms with E-state index >= 15 is 0 Å². The molecule has 9 heteroatoms. The monoisotopic (exact) mass is 467 g/mol. The molecule has 1 amide bonds. The number of carboxylic acid groups (broad SMARTS) is 1. The number of aromatic nitrogens is 1. The molecule has 3 aromatic rings. The van der Waals surface area contributed by atoms with Crippen molar-refractivity contribution in [2.24, 2.45) is 5.10 Å². The molecule has 4 rings (SSSR count). The summed E-state index contributed by atoms with van der Waals surface area (Å²) >= 11 is 6.56. The third kappa shape index (κ3) is 4.75. The van der Waals surface area contributed by atoms with Crippen molar-refractivity contribution < 1.29 is 24.2 Å². The fourth-order valence-corrected chi connectivity index (χ4v) is 4.04. The molecule has 0 bridgehead atoms. The Morgan fingerprint density at radius 2 is 1.76 bits per heavy atom. The Morgan fingerprint density at radius 1 is 1.06 bits per heavy atom. The summed E-state index contributed by atoms with van der Waals surface area (Å²) in [4.78, 5) is 28.4. The number of nitrogens with zero attached hydrogens (tertiary/aromatic N) is 3. The number of amides is 1. The lowest BCUT2D eigenvalue weighted by Gasteiger charge is -2.23. The number of hydrogen-bond donors (Lipinski definition) is 1. The molecule has 0 spiro atoms. The summed E-state index contributed by atoms with van der Waals surface area (Å²) < 4.78 is 10.5. The first-order chi connectivity index (χ1) is 15.9. The number of hydrazone groups is 1. The molecule has 170 valence electrons. The topological polar surface area (TPSA) is 101 Å². The molecular weight excluding hydrogens is 446 g/mol. The second-order valence-electron chi connectivity index (χ2n) is 7.55. The number of aliphatic carboxylic acids is 1. The van der Waals surface area contributed by atoms with E-state index in [2.05, 4.69) is 10.1 Å². The molecule has 2 heterocycles. The van der Waals surface area contributed by atoms with Gasteiger partial charge in [0.2, 0.25) is 5.91 Å². The predicted octanol–water partition coefficient (Wildman–Crippen LogP) is 4.45. The van der Waals surface area contributed by atoms with Gasteiger partial charge in [0.1, 0.15) is 16.7 Å². The summed E-state index contributed by atoms with van der Waals surface area (Å²) in [6.45, 7) is 0. The molecule has 0 saturated heterocycles. The van der Waals surface area contributed by atoms with Gasteiger partial charge in [-0.25, -0.2) is 9.99 Å². The molecule has 1 aliphatic rings. The van der Waals surface area contributed by atoms with E-state index in [1.54, 1.807) is 20.3 Å². The molecule has 0 saturated carbocycles. The van der Waals surface area contributed by atoms with Crippen LogP contribution in [0.25, 0.3) is 10.9 Å². The minimum atomic E-state index is -1.04. The van der Waals surface area contributed by atoms with Gasteiger partial charge in [-0.1, -0.05) is 11.6 Å². The highest BCUT2D eigenvalue weighted by Gasteiger charge is 2.35. The maximum Gasteiger partial charge on any atom is 0.303 e. The third-order valence-corrected chi connectivity index (χ3v) is 5.81. The summed E-state index contributed by atoms with van der Waals surface area (Å²) in [7, 11) is 3.17. The Kier molecular flexibility index (Phi) is 6.46. The van der Waals surface area contributed by atoms with Gasteiger partial charge in [-0.3, -0.25) is 9.59 Å². The molecule has 0 radical (unpaired) electrons. The lowest BCUT2D eigenvalue weighted by molar-refractivity contribution is -0.141. The Labute approximate surface area is 195 Å². The highest BCUT2D eigenvalue weighted by molar-refractivity contribution is 6.30. The average Bonchev–Trinajstić information content (AvgIpc) is 3.27. The second-order valence-corrected chi connectivity index (χ2v) is 7.91. The minimum Gasteiger partial charge on any atom is -0.497 e. The number of carbonyl (C=O) groups is 2. The van der Waals surface area contributed by atoms with Crippen LogP contribution < -0.4 is 9.47 Å². The number of pyridine rings is 1. The summed E-state index contributed by atoms with van der Waals surface area (Å²) in [5.41, 5.74) is 2.84. The number of benzene rings is 2. The molecule has 8 nitrogen and oxygen atoms in total. The molecule has 1 N–H and O–H groups in total. The Morgan fingerprint density at radius 3 is 2.42 bits per heavy atom. The fraction of sp³-hybridized carbons (Fsp3) is 0.250. The highest BCUT2D eigenvalue weighted by atomic mass is 35.5. The largest absolute Gasteiger partial charge is 0.497 e. The number of carbonyl (C=O) groups excluding carboxylic acids is 1. The van der Waals surface area contributed by atoms with Crippen molar-refractivity contribution >= 4 is 40.1 Å². The van der Waals surface area contributed by atoms with E-state index in [-0.39, 0.29) is 18.0 Å². The second kappa shape index (κ2) is 9.46. The standard InChI is InChI=1S/C24H22ClN3O5/c1-32-16-6-3-14(4-7-16)20-13-21(28(27-20)22(29)9-10-23(30)31)18-11-15-5-8-17(33-2)12-19(15)26-24(18)25/h3-8,11-12,21H,9-10,13H2,1-2H3,(H,30,31)/t21-/m1/s1. The summed E-state index contributed by atoms with van der Waals surface area (Å²) in [6, 6.07) is 14.2. The van der Waals surface area contributed by atoms with Crippen LogP contribution in [0.1, 0.15) is 36.4 Å². The van der Waals surface area contributed by atoms with Crippen LogP contribution in [-0.4, -0.2) is 46.9 Å². The van der Waals surface area contributed by atoms with Crippen molar-refractivity contribution in [1.82, 2.24) is 9.99 Å². The molecule has 1 aromatic heterocycles. The number of carboxylic acids is 1. The number of halogens is 1. The third-order valence-electron chi connectivity index (χ3n) is 5.51. The maximum absolute atomic E-state index is 12.9. The quantitative estimate of drug-likeness (QED) is 0.515. The molecule has 1 aliphatic heterocycles. The van der Waals surface area contributed by atoms with Crippen molar-refractivity contribution in [2.45, 2.75) is 25.3 Å². The van der Waals surface area contributed by atoms with Crippen LogP contribution >= 0.6 is 11.6 Å². The number of ether oxygens (including phenoxy) is 2. The minimum absolute atomic E-state index is 0.166. The van der Waals surface area contributed by atoms with Crippen LogP contribution in [0.2, 0.25) is 5.15 Å². The van der Waals surface area contributed by atoms with E-state index < -0.39 is 17.9 Å². The van der Waals surface area contributed by atoms with Gasteiger partial charge in [-0.15, -0.1) is 0 Å². The number of rotatable bonds is 7. The van der Waals surface area contributed by atoms with E-state index in [9.17, 15) is 9.59 Å². The van der Waals surface area contributed by atoms with Crippen LogP contribution in [0.15, 0.2) is 53.6 Å². The Balaban J connectivity index is 1.72. The van der Waals surface area contributed by atoms with E-state index in [0.717, 1.165) is 10.9 Å². The zero-order valence-electron chi connectivity index (χ0n) is 18.1. The molecule has 33 heavy (non-hydrogen) atoms. The summed E-state index contributed by atoms with van der Waals surface area (Å²) in [6.07, 6.45) is -0.0335. The van der Waals surface area contributed by atoms with E-state index in [4.69, 9.17) is 26.2 Å². The van der Waals surface area contributed by atoms with Crippen molar-refractivity contribution in [1.29, 1.82) is 0 Å². The van der Waals surface area contributed by atoms with Gasteiger partial charge in [0, 0.05) is 29.9 Å². The lowest BCUT2D eigenvalue weighted by Crippen LogP contribution is -2.27. The fourth-order valence-electron chi connectivity index (χ4n) is 3.77. The SMILES string of the molecule is COc1ccc(C2=NN(C(=O)CCC(=O)O)[C@@H](c3cc4ccc(OC)cc4nc3Cl)C2)cc1. The number of fused-ring (bicyclic) bond motifs is 1. The van der Waals surface area contributed by atoms with Gasteiger partial charge in [0.15, 0.2) is 0 Å². The van der Waals surface area contributed by atoms with Crippen LogP contribution in [0, 0.1) is 0 Å². The zero-order chi connectivity index (χ0) is 23.5. The van der Waals surface area contributed by atoms with Gasteiger partial charge in [-0.05, 0) is 48.0 Å². The van der Waals surface area contributed by atoms with Crippen LogP contribution in [-0.2, 0) is 9.59 Å². The summed E-state index contributed by atoms with van der Waals surface area (Å²) in [5, 5.41) is 16.0. The van der Waals surface area contributed by atoms with Crippen molar-refractivity contribution in [2.75, 3.05) is 14.2 Å². The first-order valence-electron chi connectivity index (χ1n) is 10.3. The van der Waals surface area contributed by atoms with Crippen LogP contribution in [0.4, 0.5) is 0 Å². The molecule has 1 atom stereocenters. The van der Waals surface area contributed by atoms with Crippen molar-refractivity contribution in [3.05, 3.63) is 64.8 Å². The van der Waals surface area contributed by atoms with Gasteiger partial charge >= 0.3 is 5.97 Å². The zero-order valence-corrected chi connectivity index (χ0v) is 18.9. The van der Waals surface area contributed by atoms with E-state index in [1.165, 1.54) is 5.01 Å². The molecular formula is C24H22ClN3O5. The maximum atomic E-state index is 12.9. The Hall–Kier alpha value is -3.65. The predicted molar refractivity (Wildman–Crippen MR) is 124 cm³/mol. The number of hydrogen-bond acceptors (Lipinski definition) is 6. The molecule has 2 aromatic carbocycles. The van der Waals surface area contributed by atoms with Crippen molar-refractivity contribution in [3.63, 3.8) is 0 Å². The normalized spacial score (nSPS) is 15.4. The van der Waals surface area contributed by atoms with Gasteiger partial charge in [0.25, 0.3) is 0 Å². The van der Waals surface area contributed by atoms with Gasteiger partial charge in [-0.2, -0.15) is 5.10 Å². The van der Waals surface area contributed by atoms with Crippen LogP contribution in [0.3, 0.4) is 0 Å².